The van der Waals surface area contributed by atoms with Gasteiger partial charge in [0.2, 0.25) is 0 Å². The lowest BCUT2D eigenvalue weighted by molar-refractivity contribution is -0.193. The Kier molecular flexibility index (Phi) is 3.62. The third kappa shape index (κ3) is 2.43. The fraction of sp³-hybridized carbons (Fsp3) is 0.800. The number of nitrogens with zero attached hydrogens (tertiary/aromatic N) is 1. The smallest absolute Gasteiger partial charge is 0.415 e. The van der Waals surface area contributed by atoms with Gasteiger partial charge in [-0.15, -0.1) is 0 Å². The molecule has 1 heterocycles. The molecule has 1 aliphatic heterocycles. The molecule has 0 aromatic carbocycles. The summed E-state index contributed by atoms with van der Waals surface area (Å²) >= 11 is 0. The fourth-order valence-electron chi connectivity index (χ4n) is 1.90. The fourth-order valence-corrected chi connectivity index (χ4v) is 1.90. The third-order valence-corrected chi connectivity index (χ3v) is 3.25. The second kappa shape index (κ2) is 4.42. The van der Waals surface area contributed by atoms with E-state index in [1.165, 1.54) is 0 Å². The van der Waals surface area contributed by atoms with Crippen molar-refractivity contribution in [3.63, 3.8) is 0 Å². The molecule has 18 heavy (non-hydrogen) atoms. The first-order valence-corrected chi connectivity index (χ1v) is 5.36. The predicted molar refractivity (Wildman–Crippen MR) is 55.5 cm³/mol. The molecule has 8 heteroatoms. The molecule has 5 nitrogen and oxygen atoms in total. The minimum Gasteiger partial charge on any atom is -0.481 e. The summed E-state index contributed by atoms with van der Waals surface area (Å²) in [5.74, 6) is -3.65. The summed E-state index contributed by atoms with van der Waals surface area (Å²) in [5.41, 5.74) is 2.03. The van der Waals surface area contributed by atoms with Crippen molar-refractivity contribution in [2.45, 2.75) is 25.6 Å². The van der Waals surface area contributed by atoms with E-state index in [0.29, 0.717) is 6.92 Å². The molecule has 0 aliphatic carbocycles. The van der Waals surface area contributed by atoms with Crippen LogP contribution in [0.15, 0.2) is 0 Å². The monoisotopic (exact) mass is 268 g/mol. The van der Waals surface area contributed by atoms with Crippen LogP contribution in [0.5, 0.6) is 0 Å². The van der Waals surface area contributed by atoms with Crippen molar-refractivity contribution in [1.29, 1.82) is 0 Å². The molecule has 0 bridgehead atoms. The molecule has 0 radical (unpaired) electrons. The molecule has 0 spiro atoms. The van der Waals surface area contributed by atoms with Crippen LogP contribution in [0.25, 0.3) is 0 Å². The number of amides is 1. The normalized spacial score (nSPS) is 28.0. The number of hydrogen-bond acceptors (Lipinski definition) is 3. The Balaban J connectivity index is 2.86. The van der Waals surface area contributed by atoms with E-state index in [9.17, 15) is 22.8 Å². The van der Waals surface area contributed by atoms with Gasteiger partial charge in [0.15, 0.2) is 5.54 Å². The summed E-state index contributed by atoms with van der Waals surface area (Å²) in [6.45, 7) is 1.90. The molecule has 0 saturated carbocycles. The maximum absolute atomic E-state index is 12.6. The molecular formula is C10H15F3N2O3. The van der Waals surface area contributed by atoms with Crippen molar-refractivity contribution in [3.8, 4) is 0 Å². The maximum atomic E-state index is 12.6. The molecule has 3 unspecified atom stereocenters. The minimum atomic E-state index is -4.87. The quantitative estimate of drug-likeness (QED) is 0.761. The van der Waals surface area contributed by atoms with Gasteiger partial charge in [-0.05, 0) is 12.8 Å². The molecule has 0 aromatic rings. The van der Waals surface area contributed by atoms with Crippen LogP contribution in [0.2, 0.25) is 0 Å². The molecule has 3 atom stereocenters. The van der Waals surface area contributed by atoms with Crippen LogP contribution >= 0.6 is 0 Å². The van der Waals surface area contributed by atoms with Crippen LogP contribution in [-0.2, 0) is 9.59 Å². The van der Waals surface area contributed by atoms with E-state index in [2.05, 4.69) is 0 Å². The van der Waals surface area contributed by atoms with Gasteiger partial charge in [-0.2, -0.15) is 13.2 Å². The van der Waals surface area contributed by atoms with Gasteiger partial charge in [0, 0.05) is 13.1 Å². The molecule has 1 aliphatic rings. The first kappa shape index (κ1) is 14.7. The Hall–Kier alpha value is -1.31. The maximum Gasteiger partial charge on any atom is 0.415 e. The van der Waals surface area contributed by atoms with Gasteiger partial charge < -0.3 is 15.7 Å². The lowest BCUT2D eigenvalue weighted by Gasteiger charge is -2.30. The van der Waals surface area contributed by atoms with Crippen LogP contribution in [0.4, 0.5) is 13.2 Å². The van der Waals surface area contributed by atoms with E-state index in [1.54, 1.807) is 6.92 Å². The van der Waals surface area contributed by atoms with Gasteiger partial charge in [0.1, 0.15) is 0 Å². The van der Waals surface area contributed by atoms with Crippen LogP contribution in [-0.4, -0.2) is 46.7 Å². The number of carboxylic acids is 1. The number of likely N-dealkylation sites (tertiary alicyclic amines) is 1. The van der Waals surface area contributed by atoms with E-state index in [4.69, 9.17) is 10.8 Å². The van der Waals surface area contributed by atoms with Crippen molar-refractivity contribution >= 4 is 11.9 Å². The number of carboxylic acid groups (broad SMARTS) is 1. The standard InChI is InChI=1S/C10H15F3N2O3/c1-5-3-15(4-6(5)7(16)17)8(18)9(2,14)10(11,12)13/h5-6H,3-4,14H2,1-2H3,(H,16,17). The van der Waals surface area contributed by atoms with Gasteiger partial charge >= 0.3 is 12.1 Å². The lowest BCUT2D eigenvalue weighted by Crippen LogP contribution is -2.61. The van der Waals surface area contributed by atoms with Gasteiger partial charge in [-0.3, -0.25) is 9.59 Å². The largest absolute Gasteiger partial charge is 0.481 e. The van der Waals surface area contributed by atoms with Crippen molar-refractivity contribution in [3.05, 3.63) is 0 Å². The second-order valence-electron chi connectivity index (χ2n) is 4.83. The van der Waals surface area contributed by atoms with Crippen molar-refractivity contribution in [2.75, 3.05) is 13.1 Å². The van der Waals surface area contributed by atoms with Gasteiger partial charge in [-0.1, -0.05) is 6.92 Å². The Bertz CT molecular complexity index is 368. The van der Waals surface area contributed by atoms with Crippen molar-refractivity contribution in [2.24, 2.45) is 17.6 Å². The van der Waals surface area contributed by atoms with Gasteiger partial charge in [0.05, 0.1) is 5.92 Å². The lowest BCUT2D eigenvalue weighted by atomic mass is 9.99. The Morgan fingerprint density at radius 1 is 1.33 bits per heavy atom. The molecular weight excluding hydrogens is 253 g/mol. The molecule has 0 aromatic heterocycles. The van der Waals surface area contributed by atoms with Crippen LogP contribution in [0.3, 0.4) is 0 Å². The SMILES string of the molecule is CC1CN(C(=O)C(C)(N)C(F)(F)F)CC1C(=O)O. The molecule has 3 N–H and O–H groups in total. The summed E-state index contributed by atoms with van der Waals surface area (Å²) in [7, 11) is 0. The molecule has 1 amide bonds. The third-order valence-electron chi connectivity index (χ3n) is 3.25. The summed E-state index contributed by atoms with van der Waals surface area (Å²) < 4.78 is 37.8. The number of halogens is 3. The molecule has 1 fully saturated rings. The summed E-state index contributed by atoms with van der Waals surface area (Å²) in [6.07, 6.45) is -4.87. The van der Waals surface area contributed by atoms with E-state index in [1.807, 2.05) is 0 Å². The van der Waals surface area contributed by atoms with Gasteiger partial charge in [-0.25, -0.2) is 0 Å². The summed E-state index contributed by atoms with van der Waals surface area (Å²) in [4.78, 5) is 23.4. The van der Waals surface area contributed by atoms with E-state index in [-0.39, 0.29) is 13.1 Å². The number of aliphatic carboxylic acids is 1. The Labute approximate surface area is 102 Å². The van der Waals surface area contributed by atoms with E-state index in [0.717, 1.165) is 4.90 Å². The first-order chi connectivity index (χ1) is 7.98. The minimum absolute atomic E-state index is 0.0291. The van der Waals surface area contributed by atoms with Gasteiger partial charge in [0.25, 0.3) is 5.91 Å². The van der Waals surface area contributed by atoms with Crippen LogP contribution in [0, 0.1) is 11.8 Å². The average molecular weight is 268 g/mol. The van der Waals surface area contributed by atoms with Crippen molar-refractivity contribution in [1.82, 2.24) is 4.90 Å². The topological polar surface area (TPSA) is 83.6 Å². The average Bonchev–Trinajstić information content (AvgIpc) is 2.57. The highest BCUT2D eigenvalue weighted by molar-refractivity contribution is 5.87. The summed E-state index contributed by atoms with van der Waals surface area (Å²) in [6, 6.07) is 0. The number of hydrogen-bond donors (Lipinski definition) is 2. The zero-order valence-electron chi connectivity index (χ0n) is 9.99. The highest BCUT2D eigenvalue weighted by Crippen LogP contribution is 2.32. The van der Waals surface area contributed by atoms with E-state index >= 15 is 0 Å². The second-order valence-corrected chi connectivity index (χ2v) is 4.83. The van der Waals surface area contributed by atoms with E-state index < -0.39 is 35.4 Å². The number of rotatable bonds is 2. The molecule has 104 valence electrons. The summed E-state index contributed by atoms with van der Waals surface area (Å²) in [5, 5.41) is 8.85. The number of carbonyl (C=O) groups is 2. The zero-order chi connectivity index (χ0) is 14.3. The number of carbonyl (C=O) groups excluding carboxylic acids is 1. The first-order valence-electron chi connectivity index (χ1n) is 5.36. The molecule has 1 saturated heterocycles. The highest BCUT2D eigenvalue weighted by Gasteiger charge is 2.56. The molecule has 1 rings (SSSR count). The van der Waals surface area contributed by atoms with Crippen molar-refractivity contribution < 1.29 is 27.9 Å². The Morgan fingerprint density at radius 3 is 2.17 bits per heavy atom. The highest BCUT2D eigenvalue weighted by atomic mass is 19.4. The zero-order valence-corrected chi connectivity index (χ0v) is 9.99. The van der Waals surface area contributed by atoms with Crippen LogP contribution < -0.4 is 5.73 Å². The van der Waals surface area contributed by atoms with Crippen LogP contribution in [0.1, 0.15) is 13.8 Å². The number of nitrogens with two attached hydrogens (primary N) is 1. The Morgan fingerprint density at radius 2 is 1.83 bits per heavy atom. The number of alkyl halides is 3. The predicted octanol–water partition coefficient (Wildman–Crippen LogP) is 0.445.